The Balaban J connectivity index is 1.40. The standard InChI is InChI=1S/C25H33NO3/c1-2-24-10-7-19-18-6-5-17(26-28)13-16(18)14-20(15-3-4-15)23(19)21(24)8-11-25(24)12-9-22(27)29-25/h9,12-13,15,18-21,23,28H,2-8,10-11,14H2,1H3/b26-17+/t18-,19?,20?,21?,23?,24-,25+/m0/s1. The summed E-state index contributed by atoms with van der Waals surface area (Å²) in [6, 6.07) is 0. The minimum absolute atomic E-state index is 0.128. The molecule has 4 saturated carbocycles. The number of ether oxygens (including phenoxy) is 1. The van der Waals surface area contributed by atoms with Crippen LogP contribution in [-0.2, 0) is 9.53 Å². The second kappa shape index (κ2) is 6.21. The first-order chi connectivity index (χ1) is 14.1. The van der Waals surface area contributed by atoms with E-state index in [0.29, 0.717) is 11.8 Å². The van der Waals surface area contributed by atoms with Crippen LogP contribution < -0.4 is 0 Å². The van der Waals surface area contributed by atoms with Crippen molar-refractivity contribution in [2.75, 3.05) is 0 Å². The van der Waals surface area contributed by atoms with Gasteiger partial charge in [0.2, 0.25) is 0 Å². The molecule has 0 bridgehead atoms. The Hall–Kier alpha value is -1.58. The van der Waals surface area contributed by atoms with Crippen molar-refractivity contribution in [2.45, 2.75) is 76.7 Å². The summed E-state index contributed by atoms with van der Waals surface area (Å²) >= 11 is 0. The van der Waals surface area contributed by atoms with E-state index in [0.717, 1.165) is 55.1 Å². The molecule has 7 atom stereocenters. The van der Waals surface area contributed by atoms with Crippen LogP contribution in [0.25, 0.3) is 0 Å². The van der Waals surface area contributed by atoms with Crippen molar-refractivity contribution < 1.29 is 14.7 Å². The maximum Gasteiger partial charge on any atom is 0.331 e. The molecular formula is C25H33NO3. The van der Waals surface area contributed by atoms with E-state index in [9.17, 15) is 10.0 Å². The molecule has 5 aliphatic carbocycles. The van der Waals surface area contributed by atoms with Crippen LogP contribution in [0.2, 0.25) is 0 Å². The molecule has 0 radical (unpaired) electrons. The van der Waals surface area contributed by atoms with Crippen molar-refractivity contribution in [2.24, 2.45) is 46.1 Å². The minimum atomic E-state index is -0.331. The Morgan fingerprint density at radius 1 is 1.17 bits per heavy atom. The molecule has 6 aliphatic rings. The van der Waals surface area contributed by atoms with Crippen LogP contribution in [0, 0.1) is 40.9 Å². The van der Waals surface area contributed by atoms with Gasteiger partial charge in [0.05, 0.1) is 5.71 Å². The van der Waals surface area contributed by atoms with E-state index in [2.05, 4.69) is 24.2 Å². The molecule has 0 aromatic rings. The molecule has 4 nitrogen and oxygen atoms in total. The molecule has 4 heteroatoms. The Kier molecular flexibility index (Phi) is 3.90. The molecule has 4 fully saturated rings. The van der Waals surface area contributed by atoms with Gasteiger partial charge in [-0.2, -0.15) is 0 Å². The fourth-order valence-corrected chi connectivity index (χ4v) is 8.83. The predicted octanol–water partition coefficient (Wildman–Crippen LogP) is 5.27. The van der Waals surface area contributed by atoms with Crippen LogP contribution in [0.5, 0.6) is 0 Å². The van der Waals surface area contributed by atoms with E-state index >= 15 is 0 Å². The fraction of sp³-hybridized carbons (Fsp3) is 0.760. The Bertz CT molecular complexity index is 824. The van der Waals surface area contributed by atoms with Gasteiger partial charge < -0.3 is 9.94 Å². The largest absolute Gasteiger partial charge is 0.451 e. The molecule has 0 saturated heterocycles. The van der Waals surface area contributed by atoms with Gasteiger partial charge in [-0.05, 0) is 112 Å². The average molecular weight is 396 g/mol. The molecule has 0 aromatic heterocycles. The third kappa shape index (κ3) is 2.38. The highest BCUT2D eigenvalue weighted by Crippen LogP contribution is 2.70. The highest BCUT2D eigenvalue weighted by molar-refractivity contribution is 5.96. The van der Waals surface area contributed by atoms with Crippen molar-refractivity contribution in [3.63, 3.8) is 0 Å². The van der Waals surface area contributed by atoms with E-state index in [1.165, 1.54) is 38.5 Å². The summed E-state index contributed by atoms with van der Waals surface area (Å²) in [5.74, 6) is 4.42. The van der Waals surface area contributed by atoms with E-state index in [4.69, 9.17) is 4.74 Å². The fourth-order valence-electron chi connectivity index (χ4n) is 8.83. The van der Waals surface area contributed by atoms with Crippen LogP contribution in [0.1, 0.15) is 71.1 Å². The quantitative estimate of drug-likeness (QED) is 0.394. The molecule has 156 valence electrons. The Labute approximate surface area is 173 Å². The SMILES string of the molecule is CC[C@]12CCC3C(C(C4CC4)CC4=C/C(=N/O)CC[C@@H]43)C1CC[C@@]21C=CC(=O)O1. The molecule has 6 rings (SSSR count). The zero-order valence-corrected chi connectivity index (χ0v) is 17.5. The maximum absolute atomic E-state index is 12.1. The van der Waals surface area contributed by atoms with Gasteiger partial charge in [-0.1, -0.05) is 17.7 Å². The van der Waals surface area contributed by atoms with Gasteiger partial charge in [-0.15, -0.1) is 0 Å². The monoisotopic (exact) mass is 395 g/mol. The first kappa shape index (κ1) is 18.2. The summed E-state index contributed by atoms with van der Waals surface area (Å²) in [5.41, 5.74) is 2.26. The lowest BCUT2D eigenvalue weighted by Crippen LogP contribution is -2.55. The number of nitrogens with zero attached hydrogens (tertiary/aromatic N) is 1. The molecule has 4 unspecified atom stereocenters. The molecule has 1 spiro atoms. The van der Waals surface area contributed by atoms with Crippen molar-refractivity contribution in [3.05, 3.63) is 23.8 Å². The van der Waals surface area contributed by atoms with Crippen LogP contribution in [0.15, 0.2) is 29.0 Å². The summed E-state index contributed by atoms with van der Waals surface area (Å²) < 4.78 is 6.09. The van der Waals surface area contributed by atoms with E-state index in [-0.39, 0.29) is 17.0 Å². The zero-order valence-electron chi connectivity index (χ0n) is 17.5. The number of esters is 1. The molecule has 1 aliphatic heterocycles. The predicted molar refractivity (Wildman–Crippen MR) is 110 cm³/mol. The van der Waals surface area contributed by atoms with Crippen LogP contribution in [-0.4, -0.2) is 22.5 Å². The van der Waals surface area contributed by atoms with Gasteiger partial charge in [0.15, 0.2) is 0 Å². The topological polar surface area (TPSA) is 58.9 Å². The number of hydrogen-bond acceptors (Lipinski definition) is 4. The van der Waals surface area contributed by atoms with Crippen LogP contribution >= 0.6 is 0 Å². The van der Waals surface area contributed by atoms with Gasteiger partial charge in [0.25, 0.3) is 0 Å². The molecule has 29 heavy (non-hydrogen) atoms. The number of rotatable bonds is 2. The molecule has 0 amide bonds. The zero-order chi connectivity index (χ0) is 19.8. The highest BCUT2D eigenvalue weighted by Gasteiger charge is 2.67. The van der Waals surface area contributed by atoms with Crippen LogP contribution in [0.3, 0.4) is 0 Å². The maximum atomic E-state index is 12.1. The molecule has 1 N–H and O–H groups in total. The van der Waals surface area contributed by atoms with Crippen molar-refractivity contribution in [3.8, 4) is 0 Å². The summed E-state index contributed by atoms with van der Waals surface area (Å²) in [6.45, 7) is 2.34. The number of carbonyl (C=O) groups excluding carboxylic acids is 1. The smallest absolute Gasteiger partial charge is 0.331 e. The normalized spacial score (nSPS) is 49.6. The molecule has 1 heterocycles. The van der Waals surface area contributed by atoms with E-state index < -0.39 is 0 Å². The van der Waals surface area contributed by atoms with Crippen molar-refractivity contribution in [1.82, 2.24) is 0 Å². The third-order valence-electron chi connectivity index (χ3n) is 10.0. The summed E-state index contributed by atoms with van der Waals surface area (Å²) in [6.07, 6.45) is 17.9. The second-order valence-corrected chi connectivity index (χ2v) is 10.7. The summed E-state index contributed by atoms with van der Waals surface area (Å²) in [5, 5.41) is 12.9. The van der Waals surface area contributed by atoms with Crippen LogP contribution in [0.4, 0.5) is 0 Å². The summed E-state index contributed by atoms with van der Waals surface area (Å²) in [4.78, 5) is 12.1. The molecular weight excluding hydrogens is 362 g/mol. The third-order valence-corrected chi connectivity index (χ3v) is 10.0. The van der Waals surface area contributed by atoms with E-state index in [1.54, 1.807) is 11.6 Å². The van der Waals surface area contributed by atoms with Gasteiger partial charge in [-0.25, -0.2) is 4.79 Å². The van der Waals surface area contributed by atoms with Crippen molar-refractivity contribution in [1.29, 1.82) is 0 Å². The lowest BCUT2D eigenvalue weighted by molar-refractivity contribution is -0.167. The highest BCUT2D eigenvalue weighted by atomic mass is 16.6. The number of carbonyl (C=O) groups is 1. The Morgan fingerprint density at radius 2 is 2.03 bits per heavy atom. The molecule has 0 aromatic carbocycles. The average Bonchev–Trinajstić information content (AvgIpc) is 3.45. The van der Waals surface area contributed by atoms with E-state index in [1.807, 2.05) is 0 Å². The number of fused-ring (bicyclic) bond motifs is 6. The van der Waals surface area contributed by atoms with Crippen molar-refractivity contribution >= 4 is 11.7 Å². The lowest BCUT2D eigenvalue weighted by Gasteiger charge is -2.59. The first-order valence-corrected chi connectivity index (χ1v) is 11.9. The van der Waals surface area contributed by atoms with Gasteiger partial charge in [0, 0.05) is 11.5 Å². The summed E-state index contributed by atoms with van der Waals surface area (Å²) in [7, 11) is 0. The minimum Gasteiger partial charge on any atom is -0.451 e. The first-order valence-electron chi connectivity index (χ1n) is 11.9. The second-order valence-electron chi connectivity index (χ2n) is 10.7. The lowest BCUT2D eigenvalue weighted by atomic mass is 9.46. The van der Waals surface area contributed by atoms with Gasteiger partial charge in [0.1, 0.15) is 5.60 Å². The number of hydrogen-bond donors (Lipinski definition) is 1. The van der Waals surface area contributed by atoms with Gasteiger partial charge >= 0.3 is 5.97 Å². The number of allylic oxidation sites excluding steroid dienone is 2. The van der Waals surface area contributed by atoms with Gasteiger partial charge in [-0.3, -0.25) is 0 Å². The Morgan fingerprint density at radius 3 is 2.72 bits per heavy atom. The number of oxime groups is 1.